The van der Waals surface area contributed by atoms with Crippen molar-refractivity contribution in [3.05, 3.63) is 75.4 Å². The topological polar surface area (TPSA) is 69.7 Å². The Bertz CT molecular complexity index is 1270. The molecule has 0 amide bonds. The zero-order valence-electron chi connectivity index (χ0n) is 15.9. The molecule has 3 aromatic rings. The van der Waals surface area contributed by atoms with Gasteiger partial charge in [-0.25, -0.2) is 13.3 Å². The minimum atomic E-state index is -3.68. The van der Waals surface area contributed by atoms with E-state index in [4.69, 9.17) is 11.3 Å². The molecule has 1 heterocycles. The van der Waals surface area contributed by atoms with E-state index in [9.17, 15) is 13.2 Å². The van der Waals surface area contributed by atoms with Gasteiger partial charge in [0, 0.05) is 12.6 Å². The van der Waals surface area contributed by atoms with Crippen LogP contribution in [0, 0.1) is 6.57 Å². The molecule has 3 rings (SSSR count). The monoisotopic (exact) mass is 396 g/mol. The van der Waals surface area contributed by atoms with Gasteiger partial charge in [0.15, 0.2) is 15.5 Å². The third kappa shape index (κ3) is 3.51. The summed E-state index contributed by atoms with van der Waals surface area (Å²) in [6, 6.07) is 11.4. The lowest BCUT2D eigenvalue weighted by Gasteiger charge is -2.12. The summed E-state index contributed by atoms with van der Waals surface area (Å²) in [6.07, 6.45) is 0.607. The number of hydrogen-bond acceptors (Lipinski definition) is 4. The van der Waals surface area contributed by atoms with Crippen molar-refractivity contribution in [2.75, 3.05) is 7.11 Å². The first kappa shape index (κ1) is 19.6. The maximum Gasteiger partial charge on any atom is 0.253 e. The number of aromatic nitrogens is 1. The van der Waals surface area contributed by atoms with E-state index >= 15 is 0 Å². The van der Waals surface area contributed by atoms with E-state index in [0.717, 1.165) is 10.9 Å². The number of fused-ring (bicyclic) bond motifs is 1. The standard InChI is InChI=1S/C21H20N2O4S/c1-5-15-11-16-10-14(6-8-18(16)23(3)21(15)24)13-28(25,26)20-9-7-17(22-2)12-19(20)27-4/h6-12H,5,13H2,1,3-4H3. The zero-order chi connectivity index (χ0) is 20.5. The summed E-state index contributed by atoms with van der Waals surface area (Å²) in [6.45, 7) is 8.97. The summed E-state index contributed by atoms with van der Waals surface area (Å²) < 4.78 is 32.7. The van der Waals surface area contributed by atoms with Crippen molar-refractivity contribution in [2.24, 2.45) is 7.05 Å². The van der Waals surface area contributed by atoms with Crippen molar-refractivity contribution in [2.45, 2.75) is 24.0 Å². The fourth-order valence-corrected chi connectivity index (χ4v) is 4.72. The number of hydrogen-bond donors (Lipinski definition) is 0. The first-order valence-corrected chi connectivity index (χ1v) is 10.4. The molecule has 0 radical (unpaired) electrons. The van der Waals surface area contributed by atoms with Crippen LogP contribution in [0.15, 0.2) is 52.2 Å². The Balaban J connectivity index is 2.06. The Morgan fingerprint density at radius 1 is 1.14 bits per heavy atom. The largest absolute Gasteiger partial charge is 0.497 e. The van der Waals surface area contributed by atoms with Crippen molar-refractivity contribution in [1.29, 1.82) is 0 Å². The average molecular weight is 396 g/mol. The van der Waals surface area contributed by atoms with Gasteiger partial charge in [-0.1, -0.05) is 25.1 Å². The molecule has 0 atom stereocenters. The Morgan fingerprint density at radius 2 is 1.89 bits per heavy atom. The summed E-state index contributed by atoms with van der Waals surface area (Å²) in [4.78, 5) is 15.6. The van der Waals surface area contributed by atoms with Crippen LogP contribution in [-0.2, 0) is 29.1 Å². The molecule has 0 bridgehead atoms. The predicted octanol–water partition coefficient (Wildman–Crippen LogP) is 3.63. The maximum absolute atomic E-state index is 12.9. The first-order valence-electron chi connectivity index (χ1n) is 8.70. The van der Waals surface area contributed by atoms with Crippen LogP contribution in [0.5, 0.6) is 5.75 Å². The summed E-state index contributed by atoms with van der Waals surface area (Å²) in [5.41, 5.74) is 2.33. The van der Waals surface area contributed by atoms with Crippen molar-refractivity contribution in [3.8, 4) is 5.75 Å². The Morgan fingerprint density at radius 3 is 2.54 bits per heavy atom. The summed E-state index contributed by atoms with van der Waals surface area (Å²) in [7, 11) is -0.588. The lowest BCUT2D eigenvalue weighted by molar-refractivity contribution is 0.403. The van der Waals surface area contributed by atoms with Crippen LogP contribution in [0.4, 0.5) is 5.69 Å². The molecule has 0 saturated heterocycles. The quantitative estimate of drug-likeness (QED) is 0.618. The summed E-state index contributed by atoms with van der Waals surface area (Å²) >= 11 is 0. The minimum absolute atomic E-state index is 0.0417. The van der Waals surface area contributed by atoms with Crippen molar-refractivity contribution < 1.29 is 13.2 Å². The molecule has 1 aromatic heterocycles. The predicted molar refractivity (Wildman–Crippen MR) is 109 cm³/mol. The molecule has 144 valence electrons. The Labute approximate surface area is 163 Å². The molecule has 7 heteroatoms. The summed E-state index contributed by atoms with van der Waals surface area (Å²) in [5, 5.41) is 0.821. The van der Waals surface area contributed by atoms with Crippen LogP contribution in [0.1, 0.15) is 18.1 Å². The number of rotatable bonds is 5. The van der Waals surface area contributed by atoms with Gasteiger partial charge in [0.25, 0.3) is 5.56 Å². The van der Waals surface area contributed by atoms with Gasteiger partial charge < -0.3 is 9.30 Å². The van der Waals surface area contributed by atoms with E-state index in [0.29, 0.717) is 23.2 Å². The smallest absolute Gasteiger partial charge is 0.253 e. The van der Waals surface area contributed by atoms with Gasteiger partial charge in [0.1, 0.15) is 10.6 Å². The fraction of sp³-hybridized carbons (Fsp3) is 0.238. The van der Waals surface area contributed by atoms with Gasteiger partial charge in [-0.2, -0.15) is 0 Å². The van der Waals surface area contributed by atoms with Crippen LogP contribution < -0.4 is 10.3 Å². The van der Waals surface area contributed by atoms with E-state index in [1.807, 2.05) is 13.0 Å². The lowest BCUT2D eigenvalue weighted by atomic mass is 10.1. The molecule has 0 aliphatic heterocycles. The molecule has 0 aliphatic carbocycles. The number of ether oxygens (including phenoxy) is 1. The number of nitrogens with zero attached hydrogens (tertiary/aromatic N) is 2. The van der Waals surface area contributed by atoms with E-state index in [1.54, 1.807) is 29.8 Å². The highest BCUT2D eigenvalue weighted by Gasteiger charge is 2.21. The number of methoxy groups -OCH3 is 1. The van der Waals surface area contributed by atoms with Gasteiger partial charge in [-0.15, -0.1) is 0 Å². The average Bonchev–Trinajstić information content (AvgIpc) is 2.69. The van der Waals surface area contributed by atoms with Crippen molar-refractivity contribution >= 4 is 26.4 Å². The normalized spacial score (nSPS) is 11.4. The van der Waals surface area contributed by atoms with E-state index in [1.165, 1.54) is 25.3 Å². The second-order valence-electron chi connectivity index (χ2n) is 6.49. The highest BCUT2D eigenvalue weighted by Crippen LogP contribution is 2.31. The van der Waals surface area contributed by atoms with Crippen molar-refractivity contribution in [1.82, 2.24) is 4.57 Å². The third-order valence-electron chi connectivity index (χ3n) is 4.71. The fourth-order valence-electron chi connectivity index (χ4n) is 3.22. The SMILES string of the molecule is [C-]#[N+]c1ccc(S(=O)(=O)Cc2ccc3c(c2)cc(CC)c(=O)n3C)c(OC)c1. The highest BCUT2D eigenvalue weighted by atomic mass is 32.2. The van der Waals surface area contributed by atoms with Crippen molar-refractivity contribution in [3.63, 3.8) is 0 Å². The molecule has 0 N–H and O–H groups in total. The molecular weight excluding hydrogens is 376 g/mol. The van der Waals surface area contributed by atoms with Crippen LogP contribution in [0.3, 0.4) is 0 Å². The third-order valence-corrected chi connectivity index (χ3v) is 6.43. The minimum Gasteiger partial charge on any atom is -0.497 e. The van der Waals surface area contributed by atoms with Crippen LogP contribution >= 0.6 is 0 Å². The van der Waals surface area contributed by atoms with Gasteiger partial charge in [-0.05, 0) is 41.6 Å². The number of benzene rings is 2. The van der Waals surface area contributed by atoms with Gasteiger partial charge in [0.2, 0.25) is 0 Å². The van der Waals surface area contributed by atoms with Gasteiger partial charge >= 0.3 is 0 Å². The molecule has 0 fully saturated rings. The summed E-state index contributed by atoms with van der Waals surface area (Å²) in [5.74, 6) is -0.0500. The van der Waals surface area contributed by atoms with Crippen LogP contribution in [-0.4, -0.2) is 20.1 Å². The molecule has 0 aliphatic rings. The lowest BCUT2D eigenvalue weighted by Crippen LogP contribution is -2.20. The van der Waals surface area contributed by atoms with E-state index < -0.39 is 9.84 Å². The van der Waals surface area contributed by atoms with E-state index in [2.05, 4.69) is 4.85 Å². The van der Waals surface area contributed by atoms with Crippen LogP contribution in [0.2, 0.25) is 0 Å². The zero-order valence-corrected chi connectivity index (χ0v) is 16.7. The number of sulfone groups is 1. The molecule has 0 saturated carbocycles. The van der Waals surface area contributed by atoms with Gasteiger partial charge in [0.05, 0.1) is 25.0 Å². The second-order valence-corrected chi connectivity index (χ2v) is 8.44. The van der Waals surface area contributed by atoms with E-state index in [-0.39, 0.29) is 22.0 Å². The number of aryl methyl sites for hydroxylation is 2. The first-order chi connectivity index (χ1) is 13.3. The molecular formula is C21H20N2O4S. The second kappa shape index (κ2) is 7.49. The number of pyridine rings is 1. The maximum atomic E-state index is 12.9. The molecule has 0 unspecified atom stereocenters. The molecule has 0 spiro atoms. The van der Waals surface area contributed by atoms with Crippen LogP contribution in [0.25, 0.3) is 15.7 Å². The Hall–Kier alpha value is -3.11. The molecule has 2 aromatic carbocycles. The van der Waals surface area contributed by atoms with Gasteiger partial charge in [-0.3, -0.25) is 4.79 Å². The Kier molecular flexibility index (Phi) is 5.25. The molecule has 6 nitrogen and oxygen atoms in total. The highest BCUT2D eigenvalue weighted by molar-refractivity contribution is 7.90. The molecule has 28 heavy (non-hydrogen) atoms.